The first kappa shape index (κ1) is 7.80. The molecule has 0 spiro atoms. The van der Waals surface area contributed by atoms with Crippen molar-refractivity contribution in [3.05, 3.63) is 23.2 Å². The molecule has 0 aliphatic heterocycles. The maximum atomic E-state index is 12.4. The lowest BCUT2D eigenvalue weighted by Crippen LogP contribution is -1.97. The van der Waals surface area contributed by atoms with Gasteiger partial charge in [0, 0.05) is 0 Å². The third-order valence-corrected chi connectivity index (χ3v) is 1.87. The predicted octanol–water partition coefficient (Wildman–Crippen LogP) is 2.42. The van der Waals surface area contributed by atoms with E-state index in [2.05, 4.69) is 4.98 Å². The summed E-state index contributed by atoms with van der Waals surface area (Å²) in [5, 5.41) is 0.0990. The molecular formula is C8H7ClFNO. The van der Waals surface area contributed by atoms with Gasteiger partial charge in [-0.15, -0.1) is 0 Å². The molecule has 2 rings (SSSR count). The molecule has 0 aromatic carbocycles. The Morgan fingerprint density at radius 1 is 1.50 bits per heavy atom. The van der Waals surface area contributed by atoms with Crippen LogP contribution < -0.4 is 4.74 Å². The summed E-state index contributed by atoms with van der Waals surface area (Å²) in [6, 6.07) is 2.74. The molecule has 1 fully saturated rings. The van der Waals surface area contributed by atoms with Crippen LogP contribution in [0.5, 0.6) is 5.75 Å². The molecule has 1 aromatic rings. The smallest absolute Gasteiger partial charge is 0.214 e. The van der Waals surface area contributed by atoms with Crippen LogP contribution in [0.4, 0.5) is 4.39 Å². The van der Waals surface area contributed by atoms with Crippen molar-refractivity contribution < 1.29 is 9.13 Å². The van der Waals surface area contributed by atoms with Gasteiger partial charge in [0.1, 0.15) is 0 Å². The molecule has 0 bridgehead atoms. The molecule has 2 nitrogen and oxygen atoms in total. The standard InChI is InChI=1S/C8H7ClFNO/c9-8-6(12-5-1-2-5)3-4-7(10)11-8/h3-5H,1-2H2. The Morgan fingerprint density at radius 3 is 2.83 bits per heavy atom. The molecule has 1 saturated carbocycles. The van der Waals surface area contributed by atoms with Crippen molar-refractivity contribution in [2.45, 2.75) is 18.9 Å². The maximum absolute atomic E-state index is 12.4. The van der Waals surface area contributed by atoms with Crippen molar-refractivity contribution in [2.75, 3.05) is 0 Å². The monoisotopic (exact) mass is 187 g/mol. The number of hydrogen-bond acceptors (Lipinski definition) is 2. The first-order valence-corrected chi connectivity index (χ1v) is 4.12. The minimum Gasteiger partial charge on any atom is -0.487 e. The number of rotatable bonds is 2. The highest BCUT2D eigenvalue weighted by atomic mass is 35.5. The van der Waals surface area contributed by atoms with Crippen LogP contribution in [0.15, 0.2) is 12.1 Å². The van der Waals surface area contributed by atoms with Crippen LogP contribution in [-0.4, -0.2) is 11.1 Å². The van der Waals surface area contributed by atoms with E-state index in [1.807, 2.05) is 0 Å². The average molecular weight is 188 g/mol. The SMILES string of the molecule is Fc1ccc(OC2CC2)c(Cl)n1. The van der Waals surface area contributed by atoms with Gasteiger partial charge in [-0.25, -0.2) is 4.98 Å². The molecule has 4 heteroatoms. The molecule has 12 heavy (non-hydrogen) atoms. The van der Waals surface area contributed by atoms with Gasteiger partial charge in [0.25, 0.3) is 0 Å². The highest BCUT2D eigenvalue weighted by Gasteiger charge is 2.24. The van der Waals surface area contributed by atoms with Crippen molar-refractivity contribution >= 4 is 11.6 Å². The van der Waals surface area contributed by atoms with E-state index < -0.39 is 5.95 Å². The average Bonchev–Trinajstić information content (AvgIpc) is 2.79. The van der Waals surface area contributed by atoms with E-state index in [-0.39, 0.29) is 11.3 Å². The molecular weight excluding hydrogens is 181 g/mol. The molecule has 0 amide bonds. The number of pyridine rings is 1. The topological polar surface area (TPSA) is 22.1 Å². The lowest BCUT2D eigenvalue weighted by molar-refractivity contribution is 0.301. The Hall–Kier alpha value is -0.830. The third kappa shape index (κ3) is 1.67. The second-order valence-corrected chi connectivity index (χ2v) is 3.10. The summed E-state index contributed by atoms with van der Waals surface area (Å²) in [6.07, 6.45) is 2.36. The summed E-state index contributed by atoms with van der Waals surface area (Å²) in [5.41, 5.74) is 0. The first-order valence-electron chi connectivity index (χ1n) is 3.74. The van der Waals surface area contributed by atoms with Crippen molar-refractivity contribution in [1.82, 2.24) is 4.98 Å². The summed E-state index contributed by atoms with van der Waals surface area (Å²) in [7, 11) is 0. The van der Waals surface area contributed by atoms with Gasteiger partial charge in [-0.05, 0) is 25.0 Å². The molecule has 1 aliphatic carbocycles. The largest absolute Gasteiger partial charge is 0.487 e. The van der Waals surface area contributed by atoms with Gasteiger partial charge >= 0.3 is 0 Å². The Bertz CT molecular complexity index is 301. The van der Waals surface area contributed by atoms with E-state index in [0.717, 1.165) is 12.8 Å². The number of halogens is 2. The second-order valence-electron chi connectivity index (χ2n) is 2.74. The summed E-state index contributed by atoms with van der Waals surface area (Å²) < 4.78 is 17.8. The Morgan fingerprint density at radius 2 is 2.25 bits per heavy atom. The van der Waals surface area contributed by atoms with Gasteiger partial charge in [0.15, 0.2) is 10.9 Å². The fourth-order valence-electron chi connectivity index (χ4n) is 0.853. The highest BCUT2D eigenvalue weighted by molar-refractivity contribution is 6.30. The van der Waals surface area contributed by atoms with Crippen LogP contribution in [0.25, 0.3) is 0 Å². The zero-order valence-corrected chi connectivity index (χ0v) is 7.01. The van der Waals surface area contributed by atoms with E-state index in [9.17, 15) is 4.39 Å². The zero-order valence-electron chi connectivity index (χ0n) is 6.26. The first-order chi connectivity index (χ1) is 5.75. The minimum atomic E-state index is -0.580. The van der Waals surface area contributed by atoms with Gasteiger partial charge in [-0.2, -0.15) is 4.39 Å². The van der Waals surface area contributed by atoms with Gasteiger partial charge in [-0.3, -0.25) is 0 Å². The Balaban J connectivity index is 2.18. The van der Waals surface area contributed by atoms with E-state index in [1.54, 1.807) is 0 Å². The quantitative estimate of drug-likeness (QED) is 0.664. The van der Waals surface area contributed by atoms with Crippen molar-refractivity contribution in [1.29, 1.82) is 0 Å². The van der Waals surface area contributed by atoms with Crippen LogP contribution in [0.1, 0.15) is 12.8 Å². The molecule has 0 atom stereocenters. The number of aromatic nitrogens is 1. The molecule has 0 radical (unpaired) electrons. The van der Waals surface area contributed by atoms with Crippen LogP contribution in [-0.2, 0) is 0 Å². The van der Waals surface area contributed by atoms with Crippen LogP contribution in [0, 0.1) is 5.95 Å². The number of hydrogen-bond donors (Lipinski definition) is 0. The fourth-order valence-corrected chi connectivity index (χ4v) is 1.04. The Kier molecular flexibility index (Phi) is 1.89. The molecule has 64 valence electrons. The van der Waals surface area contributed by atoms with Crippen molar-refractivity contribution in [3.8, 4) is 5.75 Å². The molecule has 0 unspecified atom stereocenters. The van der Waals surface area contributed by atoms with Gasteiger partial charge in [0.05, 0.1) is 6.10 Å². The van der Waals surface area contributed by atoms with Gasteiger partial charge < -0.3 is 4.74 Å². The lowest BCUT2D eigenvalue weighted by atomic mass is 10.4. The third-order valence-electron chi connectivity index (χ3n) is 1.60. The summed E-state index contributed by atoms with van der Waals surface area (Å²) in [6.45, 7) is 0. The van der Waals surface area contributed by atoms with Crippen molar-refractivity contribution in [3.63, 3.8) is 0 Å². The summed E-state index contributed by atoms with van der Waals surface area (Å²) in [5.74, 6) is -0.108. The van der Waals surface area contributed by atoms with Gasteiger partial charge in [0.2, 0.25) is 5.95 Å². The summed E-state index contributed by atoms with van der Waals surface area (Å²) in [4.78, 5) is 3.43. The van der Waals surface area contributed by atoms with E-state index in [1.165, 1.54) is 12.1 Å². The van der Waals surface area contributed by atoms with Gasteiger partial charge in [-0.1, -0.05) is 11.6 Å². The fraction of sp³-hybridized carbons (Fsp3) is 0.375. The summed E-state index contributed by atoms with van der Waals surface area (Å²) >= 11 is 5.63. The second kappa shape index (κ2) is 2.90. The molecule has 0 N–H and O–H groups in total. The predicted molar refractivity (Wildman–Crippen MR) is 42.9 cm³/mol. The van der Waals surface area contributed by atoms with E-state index in [0.29, 0.717) is 5.75 Å². The zero-order chi connectivity index (χ0) is 8.55. The molecule has 1 aliphatic rings. The normalized spacial score (nSPS) is 16.2. The highest BCUT2D eigenvalue weighted by Crippen LogP contribution is 2.30. The molecule has 1 heterocycles. The molecule has 0 saturated heterocycles. The van der Waals surface area contributed by atoms with E-state index >= 15 is 0 Å². The number of ether oxygens (including phenoxy) is 1. The van der Waals surface area contributed by atoms with Crippen molar-refractivity contribution in [2.24, 2.45) is 0 Å². The maximum Gasteiger partial charge on any atom is 0.214 e. The lowest BCUT2D eigenvalue weighted by Gasteiger charge is -2.04. The van der Waals surface area contributed by atoms with Crippen LogP contribution in [0.2, 0.25) is 5.15 Å². The molecule has 1 aromatic heterocycles. The Labute approximate surface area is 74.3 Å². The minimum absolute atomic E-state index is 0.0990. The number of nitrogens with zero attached hydrogens (tertiary/aromatic N) is 1. The van der Waals surface area contributed by atoms with Crippen LogP contribution in [0.3, 0.4) is 0 Å². The van der Waals surface area contributed by atoms with E-state index in [4.69, 9.17) is 16.3 Å². The van der Waals surface area contributed by atoms with Crippen LogP contribution >= 0.6 is 11.6 Å².